The highest BCUT2D eigenvalue weighted by Gasteiger charge is 2.30. The number of aryl methyl sites for hydroxylation is 1. The number of aliphatic imine (C=N–C) groups is 1. The second-order valence-corrected chi connectivity index (χ2v) is 6.19. The van der Waals surface area contributed by atoms with Gasteiger partial charge in [-0.25, -0.2) is 9.38 Å². The minimum absolute atomic E-state index is 0.00477. The lowest BCUT2D eigenvalue weighted by Crippen LogP contribution is -2.32. The zero-order chi connectivity index (χ0) is 17.3. The normalized spacial score (nSPS) is 22.2. The molecule has 0 aromatic heterocycles. The van der Waals surface area contributed by atoms with Gasteiger partial charge in [0.2, 0.25) is 0 Å². The molecule has 6 heteroatoms. The molecule has 2 aliphatic rings. The second kappa shape index (κ2) is 6.47. The summed E-state index contributed by atoms with van der Waals surface area (Å²) in [6, 6.07) is 5.06. The van der Waals surface area contributed by atoms with Gasteiger partial charge in [-0.2, -0.15) is 0 Å². The van der Waals surface area contributed by atoms with Crippen molar-refractivity contribution in [2.24, 2.45) is 10.7 Å². The quantitative estimate of drug-likeness (QED) is 0.577. The van der Waals surface area contributed by atoms with Crippen LogP contribution in [0.3, 0.4) is 0 Å². The monoisotopic (exact) mass is 327 g/mol. The number of halogens is 1. The van der Waals surface area contributed by atoms with Crippen LogP contribution >= 0.6 is 0 Å². The molecule has 1 saturated heterocycles. The number of nitrogens with zero attached hydrogens (tertiary/aromatic N) is 2. The summed E-state index contributed by atoms with van der Waals surface area (Å²) in [5.41, 5.74) is 8.26. The van der Waals surface area contributed by atoms with E-state index in [2.05, 4.69) is 15.2 Å². The molecule has 1 unspecified atom stereocenters. The van der Waals surface area contributed by atoms with E-state index in [1.54, 1.807) is 19.2 Å². The fraction of sp³-hybridized carbons (Fsp3) is 0.333. The van der Waals surface area contributed by atoms with E-state index in [-0.39, 0.29) is 17.7 Å². The van der Waals surface area contributed by atoms with Crippen molar-refractivity contribution in [3.63, 3.8) is 0 Å². The van der Waals surface area contributed by atoms with Gasteiger partial charge in [0.25, 0.3) is 0 Å². The molecular weight excluding hydrogens is 305 g/mol. The minimum atomic E-state index is -0.210. The molecule has 1 aromatic rings. The Balaban J connectivity index is 1.96. The van der Waals surface area contributed by atoms with E-state index >= 15 is 0 Å². The van der Waals surface area contributed by atoms with Crippen LogP contribution in [0.25, 0.3) is 0 Å². The lowest BCUT2D eigenvalue weighted by atomic mass is 9.99. The van der Waals surface area contributed by atoms with Gasteiger partial charge in [0.1, 0.15) is 23.3 Å². The third kappa shape index (κ3) is 3.04. The number of hydrogen-bond acceptors (Lipinski definition) is 4. The van der Waals surface area contributed by atoms with E-state index in [0.717, 1.165) is 36.3 Å². The third-order valence-electron chi connectivity index (χ3n) is 4.59. The van der Waals surface area contributed by atoms with Crippen molar-refractivity contribution in [3.8, 4) is 0 Å². The molecule has 4 N–H and O–H groups in total. The molecule has 0 saturated carbocycles. The number of likely N-dealkylation sites (tertiary alicyclic amines) is 1. The molecule has 0 amide bonds. The number of nitrogens with two attached hydrogens (primary N) is 1. The molecule has 126 valence electrons. The summed E-state index contributed by atoms with van der Waals surface area (Å²) in [5, 5.41) is 10.6. The highest BCUT2D eigenvalue weighted by Crippen LogP contribution is 2.35. The molecule has 5 nitrogen and oxygen atoms in total. The van der Waals surface area contributed by atoms with Gasteiger partial charge < -0.3 is 16.0 Å². The highest BCUT2D eigenvalue weighted by atomic mass is 19.1. The van der Waals surface area contributed by atoms with Gasteiger partial charge in [0.05, 0.1) is 6.04 Å². The highest BCUT2D eigenvalue weighted by molar-refractivity contribution is 5.98. The Bertz CT molecular complexity index is 763. The summed E-state index contributed by atoms with van der Waals surface area (Å²) < 4.78 is 13.7. The molecule has 0 spiro atoms. The van der Waals surface area contributed by atoms with Gasteiger partial charge in [-0.1, -0.05) is 6.07 Å². The fourth-order valence-electron chi connectivity index (χ4n) is 3.19. The Kier molecular flexibility index (Phi) is 4.38. The van der Waals surface area contributed by atoms with Crippen molar-refractivity contribution in [1.82, 2.24) is 10.2 Å². The maximum absolute atomic E-state index is 13.7. The molecule has 0 radical (unpaired) electrons. The standard InChI is InChI=1S/C18H22FN5/c1-11-5-6-13(19)10-14(11)15-4-3-9-24(15)16-7-8-22-18(23-16)12(2)17(20)21/h5-8,10,15,22H,3-4,9H2,1-2H3,(H3,20,21)/b18-12+. The summed E-state index contributed by atoms with van der Waals surface area (Å²) in [6.07, 6.45) is 5.71. The van der Waals surface area contributed by atoms with Crippen LogP contribution in [0.4, 0.5) is 4.39 Å². The summed E-state index contributed by atoms with van der Waals surface area (Å²) in [5.74, 6) is 1.19. The Morgan fingerprint density at radius 1 is 1.46 bits per heavy atom. The van der Waals surface area contributed by atoms with Crippen LogP contribution in [-0.2, 0) is 0 Å². The first-order chi connectivity index (χ1) is 11.5. The van der Waals surface area contributed by atoms with E-state index in [4.69, 9.17) is 11.1 Å². The lowest BCUT2D eigenvalue weighted by molar-refractivity contribution is 0.398. The van der Waals surface area contributed by atoms with Gasteiger partial charge in [-0.15, -0.1) is 0 Å². The number of rotatable bonds is 2. The number of nitrogens with one attached hydrogen (secondary N) is 2. The Labute approximate surface area is 141 Å². The topological polar surface area (TPSA) is 77.5 Å². The van der Waals surface area contributed by atoms with Gasteiger partial charge in [0, 0.05) is 18.3 Å². The molecule has 2 heterocycles. The molecule has 24 heavy (non-hydrogen) atoms. The maximum atomic E-state index is 13.7. The first-order valence-electron chi connectivity index (χ1n) is 8.07. The summed E-state index contributed by atoms with van der Waals surface area (Å²) in [4.78, 5) is 6.82. The number of amidine groups is 2. The van der Waals surface area contributed by atoms with Gasteiger partial charge in [-0.05, 0) is 56.0 Å². The number of benzene rings is 1. The number of hydrogen-bond donors (Lipinski definition) is 3. The van der Waals surface area contributed by atoms with Crippen LogP contribution < -0.4 is 11.1 Å². The van der Waals surface area contributed by atoms with Crippen LogP contribution in [0.2, 0.25) is 0 Å². The van der Waals surface area contributed by atoms with Crippen LogP contribution in [0.1, 0.15) is 36.9 Å². The summed E-state index contributed by atoms with van der Waals surface area (Å²) in [7, 11) is 0. The zero-order valence-corrected chi connectivity index (χ0v) is 13.9. The Hall–Kier alpha value is -2.63. The summed E-state index contributed by atoms with van der Waals surface area (Å²) >= 11 is 0. The zero-order valence-electron chi connectivity index (χ0n) is 13.9. The van der Waals surface area contributed by atoms with E-state index in [0.29, 0.717) is 11.4 Å². The maximum Gasteiger partial charge on any atom is 0.138 e. The van der Waals surface area contributed by atoms with E-state index < -0.39 is 0 Å². The second-order valence-electron chi connectivity index (χ2n) is 6.19. The van der Waals surface area contributed by atoms with Gasteiger partial charge in [-0.3, -0.25) is 5.41 Å². The average Bonchev–Trinajstić information content (AvgIpc) is 3.06. The van der Waals surface area contributed by atoms with E-state index in [9.17, 15) is 4.39 Å². The Morgan fingerprint density at radius 3 is 3.00 bits per heavy atom. The van der Waals surface area contributed by atoms with Crippen LogP contribution in [0, 0.1) is 18.2 Å². The predicted octanol–water partition coefficient (Wildman–Crippen LogP) is 2.95. The van der Waals surface area contributed by atoms with Gasteiger partial charge >= 0.3 is 0 Å². The molecular formula is C18H22FN5. The van der Waals surface area contributed by atoms with Crippen molar-refractivity contribution in [3.05, 3.63) is 58.8 Å². The van der Waals surface area contributed by atoms with E-state index in [1.807, 2.05) is 19.1 Å². The molecule has 1 fully saturated rings. The van der Waals surface area contributed by atoms with Crippen LogP contribution in [0.15, 0.2) is 46.9 Å². The van der Waals surface area contributed by atoms with Crippen molar-refractivity contribution in [2.45, 2.75) is 32.7 Å². The van der Waals surface area contributed by atoms with Crippen molar-refractivity contribution in [2.75, 3.05) is 6.54 Å². The minimum Gasteiger partial charge on any atom is -0.384 e. The molecule has 0 bridgehead atoms. The van der Waals surface area contributed by atoms with Crippen LogP contribution in [-0.4, -0.2) is 23.1 Å². The third-order valence-corrected chi connectivity index (χ3v) is 4.59. The van der Waals surface area contributed by atoms with Crippen molar-refractivity contribution < 1.29 is 4.39 Å². The average molecular weight is 327 g/mol. The first kappa shape index (κ1) is 16.2. The van der Waals surface area contributed by atoms with E-state index in [1.165, 1.54) is 6.07 Å². The van der Waals surface area contributed by atoms with Crippen molar-refractivity contribution in [1.29, 1.82) is 5.41 Å². The Morgan fingerprint density at radius 2 is 2.25 bits per heavy atom. The molecule has 3 rings (SSSR count). The molecule has 2 aliphatic heterocycles. The summed E-state index contributed by atoms with van der Waals surface area (Å²) in [6.45, 7) is 4.65. The van der Waals surface area contributed by atoms with Gasteiger partial charge in [0.15, 0.2) is 0 Å². The van der Waals surface area contributed by atoms with Crippen molar-refractivity contribution >= 4 is 11.7 Å². The largest absolute Gasteiger partial charge is 0.384 e. The first-order valence-corrected chi connectivity index (χ1v) is 8.07. The SMILES string of the molecule is C/C(C(=N)N)=C1\N=C(N2CCCC2c2cc(F)ccc2C)C=CN1. The molecule has 1 atom stereocenters. The molecule has 1 aromatic carbocycles. The predicted molar refractivity (Wildman–Crippen MR) is 94.1 cm³/mol. The lowest BCUT2D eigenvalue weighted by Gasteiger charge is -2.29. The fourth-order valence-corrected chi connectivity index (χ4v) is 3.19. The molecule has 0 aliphatic carbocycles. The van der Waals surface area contributed by atoms with Crippen LogP contribution in [0.5, 0.6) is 0 Å². The smallest absolute Gasteiger partial charge is 0.138 e.